The van der Waals surface area contributed by atoms with Gasteiger partial charge >= 0.3 is 5.97 Å². The van der Waals surface area contributed by atoms with Gasteiger partial charge in [-0.05, 0) is 12.1 Å². The third kappa shape index (κ3) is 5.30. The van der Waals surface area contributed by atoms with Crippen molar-refractivity contribution in [3.63, 3.8) is 0 Å². The number of hydrogen-bond donors (Lipinski definition) is 4. The highest BCUT2D eigenvalue weighted by molar-refractivity contribution is 8.06. The summed E-state index contributed by atoms with van der Waals surface area (Å²) in [5, 5.41) is 12.4. The number of carboxylic acids is 1. The number of amides is 2. The number of nitrogens with zero attached hydrogens (tertiary/aromatic N) is 3. The minimum absolute atomic E-state index is 0.00376. The largest absolute Gasteiger partial charge is 0.477 e. The number of aromatic nitrogens is 3. The van der Waals surface area contributed by atoms with E-state index in [9.17, 15) is 24.3 Å². The highest BCUT2D eigenvalue weighted by Crippen LogP contribution is 2.44. The molecule has 0 saturated carbocycles. The van der Waals surface area contributed by atoms with Gasteiger partial charge in [0.25, 0.3) is 11.5 Å². The lowest BCUT2D eigenvalue weighted by Crippen LogP contribution is -2.70. The number of nitrogens with two attached hydrogens (primary N) is 1. The molecule has 2 aromatic heterocycles. The number of nitrogens with one attached hydrogen (secondary N) is 2. The number of β-lactam (4-membered cyclic amide) rings is 1. The van der Waals surface area contributed by atoms with Gasteiger partial charge in [-0.3, -0.25) is 24.3 Å². The molecule has 4 rings (SSSR count). The monoisotopic (exact) mass is 560 g/mol. The molecule has 0 aromatic carbocycles. The van der Waals surface area contributed by atoms with Gasteiger partial charge in [0.2, 0.25) is 11.9 Å². The van der Waals surface area contributed by atoms with E-state index in [1.807, 2.05) is 0 Å². The molecule has 2 atom stereocenters. The van der Waals surface area contributed by atoms with Crippen molar-refractivity contribution in [2.24, 2.45) is 0 Å². The van der Waals surface area contributed by atoms with E-state index in [4.69, 9.17) is 28.9 Å². The number of rotatable bonds is 7. The minimum atomic E-state index is -1.30. The van der Waals surface area contributed by atoms with Crippen LogP contribution in [0.4, 0.5) is 5.95 Å². The lowest BCUT2D eigenvalue weighted by Gasteiger charge is -2.49. The van der Waals surface area contributed by atoms with Gasteiger partial charge in [-0.15, -0.1) is 23.5 Å². The maximum Gasteiger partial charge on any atom is 0.353 e. The van der Waals surface area contributed by atoms with Crippen LogP contribution in [0.5, 0.6) is 0 Å². The number of carboxylic acid groups (broad SMARTS) is 1. The van der Waals surface area contributed by atoms with Gasteiger partial charge < -0.3 is 16.2 Å². The van der Waals surface area contributed by atoms with Crippen molar-refractivity contribution in [1.82, 2.24) is 25.2 Å². The summed E-state index contributed by atoms with van der Waals surface area (Å²) >= 11 is 15.1. The SMILES string of the molecule is Nc1nc(SC2=C(C(=O)O)N3C(=O)[C@@H](NC(=O)CSc4cc(Cl)nc(Cl)c4)C3SC2)cc(=O)[nH]1. The number of carbonyl (C=O) groups is 3. The second-order valence-corrected chi connectivity index (χ2v) is 10.9. The first-order valence-corrected chi connectivity index (χ1v) is 12.9. The van der Waals surface area contributed by atoms with E-state index < -0.39 is 34.8 Å². The molecule has 11 nitrogen and oxygen atoms in total. The van der Waals surface area contributed by atoms with E-state index in [2.05, 4.69) is 20.3 Å². The molecule has 1 saturated heterocycles. The predicted octanol–water partition coefficient (Wildman–Crippen LogP) is 1.63. The summed E-state index contributed by atoms with van der Waals surface area (Å²) in [6.07, 6.45) is 0. The Morgan fingerprint density at radius 1 is 1.26 bits per heavy atom. The molecule has 0 spiro atoms. The van der Waals surface area contributed by atoms with Crippen molar-refractivity contribution in [3.8, 4) is 0 Å². The van der Waals surface area contributed by atoms with Gasteiger partial charge in [0.05, 0.1) is 5.75 Å². The van der Waals surface area contributed by atoms with Crippen LogP contribution in [0, 0.1) is 0 Å². The number of fused-ring (bicyclic) bond motifs is 1. The van der Waals surface area contributed by atoms with Crippen LogP contribution >= 0.6 is 58.5 Å². The third-order valence-electron chi connectivity index (χ3n) is 4.52. The summed E-state index contributed by atoms with van der Waals surface area (Å²) in [6.45, 7) is 0. The van der Waals surface area contributed by atoms with Crippen LogP contribution < -0.4 is 16.6 Å². The molecule has 2 aliphatic rings. The third-order valence-corrected chi connectivity index (χ3v) is 8.35. The quantitative estimate of drug-likeness (QED) is 0.168. The zero-order chi connectivity index (χ0) is 24.6. The topological polar surface area (TPSA) is 171 Å². The van der Waals surface area contributed by atoms with Crippen molar-refractivity contribution < 1.29 is 19.5 Å². The molecule has 1 fully saturated rings. The Bertz CT molecular complexity index is 1270. The standard InChI is InChI=1S/C18H14Cl2N6O5S3/c19-8-1-6(2-9(20)22-8)32-5-11(28)23-13-15(29)26-14(17(30)31)7(4-33-16(13)26)34-12-3-10(27)24-18(21)25-12/h1-3,13,16H,4-5H2,(H,23,28)(H,30,31)(H3,21,24,25,27)/t13-,16?/m1/s1. The molecule has 5 N–H and O–H groups in total. The fourth-order valence-corrected chi connectivity index (χ4v) is 7.03. The summed E-state index contributed by atoms with van der Waals surface area (Å²) in [6, 6.07) is 3.44. The Hall–Kier alpha value is -2.39. The summed E-state index contributed by atoms with van der Waals surface area (Å²) in [5.41, 5.74) is 4.85. The summed E-state index contributed by atoms with van der Waals surface area (Å²) in [4.78, 5) is 61.0. The van der Waals surface area contributed by atoms with Gasteiger partial charge in [-0.25, -0.2) is 14.8 Å². The molecular formula is C18H14Cl2N6O5S3. The number of H-pyrrole nitrogens is 1. The van der Waals surface area contributed by atoms with Gasteiger partial charge in [0.15, 0.2) is 0 Å². The minimum Gasteiger partial charge on any atom is -0.477 e. The van der Waals surface area contributed by atoms with Gasteiger partial charge in [-0.1, -0.05) is 35.0 Å². The smallest absolute Gasteiger partial charge is 0.353 e. The fourth-order valence-electron chi connectivity index (χ4n) is 3.19. The maximum atomic E-state index is 12.8. The second-order valence-electron chi connectivity index (χ2n) is 6.84. The fraction of sp³-hybridized carbons (Fsp3) is 0.222. The van der Waals surface area contributed by atoms with Gasteiger partial charge in [0, 0.05) is 21.6 Å². The molecule has 2 amide bonds. The van der Waals surface area contributed by atoms with Crippen LogP contribution in [-0.4, -0.2) is 65.7 Å². The van der Waals surface area contributed by atoms with Crippen molar-refractivity contribution in [1.29, 1.82) is 0 Å². The molecule has 4 heterocycles. The van der Waals surface area contributed by atoms with Crippen molar-refractivity contribution in [2.45, 2.75) is 21.3 Å². The molecule has 2 aromatic rings. The molecular weight excluding hydrogens is 547 g/mol. The first kappa shape index (κ1) is 24.7. The molecule has 34 heavy (non-hydrogen) atoms. The molecule has 1 unspecified atom stereocenters. The lowest BCUT2D eigenvalue weighted by molar-refractivity contribution is -0.150. The summed E-state index contributed by atoms with van der Waals surface area (Å²) in [7, 11) is 0. The average molecular weight is 561 g/mol. The highest BCUT2D eigenvalue weighted by Gasteiger charge is 2.54. The van der Waals surface area contributed by atoms with E-state index in [0.717, 1.165) is 16.7 Å². The molecule has 0 aliphatic carbocycles. The zero-order valence-electron chi connectivity index (χ0n) is 16.8. The number of carbonyl (C=O) groups excluding carboxylic acids is 2. The summed E-state index contributed by atoms with van der Waals surface area (Å²) < 4.78 is 0. The zero-order valence-corrected chi connectivity index (χ0v) is 20.7. The Kier molecular flexibility index (Phi) is 7.33. The van der Waals surface area contributed by atoms with Crippen LogP contribution in [0.3, 0.4) is 0 Å². The van der Waals surface area contributed by atoms with Gasteiger partial charge in [-0.2, -0.15) is 0 Å². The van der Waals surface area contributed by atoms with Gasteiger partial charge in [0.1, 0.15) is 32.4 Å². The number of hydrogen-bond acceptors (Lipinski definition) is 10. The van der Waals surface area contributed by atoms with Crippen LogP contribution in [0.2, 0.25) is 10.3 Å². The number of halogens is 2. The number of pyridine rings is 1. The number of anilines is 1. The summed E-state index contributed by atoms with van der Waals surface area (Å²) in [5.74, 6) is -2.12. The molecule has 16 heteroatoms. The Labute approximate surface area is 214 Å². The van der Waals surface area contributed by atoms with E-state index in [0.29, 0.717) is 9.80 Å². The molecule has 178 valence electrons. The Morgan fingerprint density at radius 2 is 1.97 bits per heavy atom. The Balaban J connectivity index is 1.44. The first-order valence-electron chi connectivity index (χ1n) is 9.33. The van der Waals surface area contributed by atoms with Crippen molar-refractivity contribution >= 4 is 82.2 Å². The van der Waals surface area contributed by atoms with E-state index in [1.54, 1.807) is 12.1 Å². The van der Waals surface area contributed by atoms with E-state index in [-0.39, 0.29) is 38.5 Å². The number of aromatic amines is 1. The predicted molar refractivity (Wildman–Crippen MR) is 130 cm³/mol. The number of aliphatic carboxylic acids is 1. The van der Waals surface area contributed by atoms with Crippen LogP contribution in [0.1, 0.15) is 0 Å². The number of thioether (sulfide) groups is 3. The number of nitrogen functional groups attached to an aromatic ring is 1. The highest BCUT2D eigenvalue weighted by atomic mass is 35.5. The van der Waals surface area contributed by atoms with Crippen LogP contribution in [0.25, 0.3) is 0 Å². The van der Waals surface area contributed by atoms with Crippen LogP contribution in [-0.2, 0) is 14.4 Å². The van der Waals surface area contributed by atoms with E-state index >= 15 is 0 Å². The molecule has 2 aliphatic heterocycles. The molecule has 0 radical (unpaired) electrons. The first-order chi connectivity index (χ1) is 16.1. The van der Waals surface area contributed by atoms with Crippen molar-refractivity contribution in [3.05, 3.63) is 49.5 Å². The molecule has 0 bridgehead atoms. The Morgan fingerprint density at radius 3 is 2.62 bits per heavy atom. The van der Waals surface area contributed by atoms with Crippen molar-refractivity contribution in [2.75, 3.05) is 17.2 Å². The van der Waals surface area contributed by atoms with Crippen LogP contribution in [0.15, 0.2) is 43.5 Å². The van der Waals surface area contributed by atoms with E-state index in [1.165, 1.54) is 29.6 Å². The maximum absolute atomic E-state index is 12.8. The normalized spacial score (nSPS) is 19.5. The second kappa shape index (κ2) is 10.1. The lowest BCUT2D eigenvalue weighted by atomic mass is 10.1. The average Bonchev–Trinajstić information content (AvgIpc) is 2.74.